The molecule has 0 radical (unpaired) electrons. The lowest BCUT2D eigenvalue weighted by molar-refractivity contribution is -0.135. The average molecular weight is 412 g/mol. The first-order valence-electron chi connectivity index (χ1n) is 10.7. The molecule has 1 aliphatic heterocycles. The van der Waals surface area contributed by atoms with Crippen LogP contribution in [-0.4, -0.2) is 50.7 Å². The molecular formula is C22H33N7O. The smallest absolute Gasteiger partial charge is 0.225 e. The Labute approximate surface area is 178 Å². The molecule has 2 aromatic rings. The van der Waals surface area contributed by atoms with E-state index in [0.717, 1.165) is 49.1 Å². The van der Waals surface area contributed by atoms with E-state index in [1.54, 1.807) is 0 Å². The number of rotatable bonds is 6. The molecule has 1 aromatic carbocycles. The zero-order valence-corrected chi connectivity index (χ0v) is 18.4. The number of nitrogens with zero attached hydrogens (tertiary/aromatic N) is 5. The average Bonchev–Trinajstić information content (AvgIpc) is 3.08. The maximum Gasteiger partial charge on any atom is 0.225 e. The van der Waals surface area contributed by atoms with E-state index >= 15 is 0 Å². The fourth-order valence-corrected chi connectivity index (χ4v) is 3.48. The van der Waals surface area contributed by atoms with Crippen molar-refractivity contribution >= 4 is 11.9 Å². The molecule has 1 saturated heterocycles. The number of hydrogen-bond donors (Lipinski definition) is 2. The summed E-state index contributed by atoms with van der Waals surface area (Å²) >= 11 is 0. The van der Waals surface area contributed by atoms with Crippen molar-refractivity contribution in [2.45, 2.75) is 52.7 Å². The highest BCUT2D eigenvalue weighted by atomic mass is 16.2. The zero-order valence-electron chi connectivity index (χ0n) is 18.4. The minimum Gasteiger partial charge on any atom is -0.354 e. The number of guanidine groups is 1. The van der Waals surface area contributed by atoms with Gasteiger partial charge >= 0.3 is 0 Å². The second-order valence-electron chi connectivity index (χ2n) is 8.13. The molecule has 2 heterocycles. The van der Waals surface area contributed by atoms with Crippen molar-refractivity contribution < 1.29 is 4.79 Å². The molecule has 1 fully saturated rings. The van der Waals surface area contributed by atoms with E-state index in [1.807, 2.05) is 55.5 Å². The van der Waals surface area contributed by atoms with Crippen molar-refractivity contribution in [3.8, 4) is 0 Å². The predicted octanol–water partition coefficient (Wildman–Crippen LogP) is 2.01. The molecular weight excluding hydrogens is 378 g/mol. The Morgan fingerprint density at radius 3 is 2.50 bits per heavy atom. The molecule has 1 amide bonds. The van der Waals surface area contributed by atoms with Gasteiger partial charge in [0.15, 0.2) is 11.8 Å². The Hall–Kier alpha value is -2.90. The molecule has 0 bridgehead atoms. The van der Waals surface area contributed by atoms with Gasteiger partial charge in [0.1, 0.15) is 5.82 Å². The highest BCUT2D eigenvalue weighted by Crippen LogP contribution is 2.13. The van der Waals surface area contributed by atoms with E-state index in [1.165, 1.54) is 0 Å². The zero-order chi connectivity index (χ0) is 21.5. The number of carbonyl (C=O) groups excluding carboxylic acids is 1. The molecule has 0 unspecified atom stereocenters. The van der Waals surface area contributed by atoms with Crippen LogP contribution in [0.15, 0.2) is 35.3 Å². The number of aryl methyl sites for hydroxylation is 1. The first kappa shape index (κ1) is 21.8. The first-order valence-corrected chi connectivity index (χ1v) is 10.7. The number of hydrogen-bond acceptors (Lipinski definition) is 4. The summed E-state index contributed by atoms with van der Waals surface area (Å²) < 4.78 is 1.97. The Kier molecular flexibility index (Phi) is 7.43. The van der Waals surface area contributed by atoms with Gasteiger partial charge in [0, 0.05) is 32.1 Å². The summed E-state index contributed by atoms with van der Waals surface area (Å²) in [6, 6.07) is 10.5. The molecule has 0 aliphatic carbocycles. The first-order chi connectivity index (χ1) is 14.4. The standard InChI is InChI=1S/C22H33N7O/c1-16(2)21(30)29-12-10-19(11-13-29)25-22(23-14-18-8-6-5-7-9-18)24-15-20-27-26-17(3)28(20)4/h5-9,16,19H,10-15H2,1-4H3,(H2,23,24,25). The molecule has 162 valence electrons. The van der Waals surface area contributed by atoms with Crippen molar-refractivity contribution in [3.63, 3.8) is 0 Å². The second-order valence-corrected chi connectivity index (χ2v) is 8.13. The number of aliphatic imine (C=N–C) groups is 1. The molecule has 2 N–H and O–H groups in total. The maximum absolute atomic E-state index is 12.2. The van der Waals surface area contributed by atoms with Crippen LogP contribution in [-0.2, 0) is 24.9 Å². The lowest BCUT2D eigenvalue weighted by atomic mass is 10.0. The van der Waals surface area contributed by atoms with Crippen LogP contribution < -0.4 is 10.6 Å². The minimum atomic E-state index is 0.0500. The normalized spacial score (nSPS) is 15.5. The van der Waals surface area contributed by atoms with Gasteiger partial charge in [-0.2, -0.15) is 0 Å². The Balaban J connectivity index is 1.62. The van der Waals surface area contributed by atoms with E-state index in [4.69, 9.17) is 4.99 Å². The number of aromatic nitrogens is 3. The van der Waals surface area contributed by atoms with E-state index < -0.39 is 0 Å². The van der Waals surface area contributed by atoms with Crippen molar-refractivity contribution in [2.24, 2.45) is 18.0 Å². The Morgan fingerprint density at radius 2 is 1.90 bits per heavy atom. The number of carbonyl (C=O) groups is 1. The van der Waals surface area contributed by atoms with E-state index in [-0.39, 0.29) is 17.9 Å². The monoisotopic (exact) mass is 411 g/mol. The summed E-state index contributed by atoms with van der Waals surface area (Å²) in [5.41, 5.74) is 1.16. The van der Waals surface area contributed by atoms with Gasteiger partial charge in [0.25, 0.3) is 0 Å². The highest BCUT2D eigenvalue weighted by molar-refractivity contribution is 5.80. The van der Waals surface area contributed by atoms with Crippen LogP contribution in [0.5, 0.6) is 0 Å². The molecule has 8 nitrogen and oxygen atoms in total. The summed E-state index contributed by atoms with van der Waals surface area (Å²) in [6.45, 7) is 8.55. The molecule has 30 heavy (non-hydrogen) atoms. The fraction of sp³-hybridized carbons (Fsp3) is 0.545. The van der Waals surface area contributed by atoms with Crippen LogP contribution in [0.25, 0.3) is 0 Å². The fourth-order valence-electron chi connectivity index (χ4n) is 3.48. The number of likely N-dealkylation sites (tertiary alicyclic amines) is 1. The number of nitrogens with one attached hydrogen (secondary N) is 2. The molecule has 0 saturated carbocycles. The molecule has 0 atom stereocenters. The summed E-state index contributed by atoms with van der Waals surface area (Å²) in [6.07, 6.45) is 1.82. The van der Waals surface area contributed by atoms with Crippen LogP contribution in [0.4, 0.5) is 0 Å². The van der Waals surface area contributed by atoms with Gasteiger partial charge in [0.05, 0.1) is 13.1 Å². The van der Waals surface area contributed by atoms with Crippen molar-refractivity contribution in [1.29, 1.82) is 0 Å². The number of amides is 1. The van der Waals surface area contributed by atoms with Gasteiger partial charge in [-0.05, 0) is 25.3 Å². The van der Waals surface area contributed by atoms with E-state index in [2.05, 4.69) is 33.0 Å². The SMILES string of the molecule is Cc1nnc(CNC(=NCc2ccccc2)NC2CCN(C(=O)C(C)C)CC2)n1C. The van der Waals surface area contributed by atoms with Gasteiger partial charge in [0.2, 0.25) is 5.91 Å². The minimum absolute atomic E-state index is 0.0500. The highest BCUT2D eigenvalue weighted by Gasteiger charge is 2.24. The van der Waals surface area contributed by atoms with Gasteiger partial charge in [-0.3, -0.25) is 4.79 Å². The van der Waals surface area contributed by atoms with Crippen molar-refractivity contribution in [3.05, 3.63) is 47.5 Å². The van der Waals surface area contributed by atoms with Crippen LogP contribution in [0.1, 0.15) is 43.9 Å². The molecule has 1 aliphatic rings. The lowest BCUT2D eigenvalue weighted by Crippen LogP contribution is -2.50. The van der Waals surface area contributed by atoms with E-state index in [9.17, 15) is 4.79 Å². The summed E-state index contributed by atoms with van der Waals surface area (Å²) in [5.74, 6) is 2.79. The predicted molar refractivity (Wildman–Crippen MR) is 118 cm³/mol. The largest absolute Gasteiger partial charge is 0.354 e. The molecule has 1 aromatic heterocycles. The van der Waals surface area contributed by atoms with Crippen molar-refractivity contribution in [2.75, 3.05) is 13.1 Å². The van der Waals surface area contributed by atoms with Gasteiger partial charge in [-0.1, -0.05) is 44.2 Å². The Morgan fingerprint density at radius 1 is 1.20 bits per heavy atom. The van der Waals surface area contributed by atoms with Gasteiger partial charge in [-0.25, -0.2) is 4.99 Å². The van der Waals surface area contributed by atoms with E-state index in [0.29, 0.717) is 13.1 Å². The van der Waals surface area contributed by atoms with Crippen LogP contribution >= 0.6 is 0 Å². The molecule has 3 rings (SSSR count). The summed E-state index contributed by atoms with van der Waals surface area (Å²) in [4.78, 5) is 19.0. The van der Waals surface area contributed by atoms with Crippen LogP contribution in [0, 0.1) is 12.8 Å². The lowest BCUT2D eigenvalue weighted by Gasteiger charge is -2.34. The van der Waals surface area contributed by atoms with Crippen molar-refractivity contribution in [1.82, 2.24) is 30.3 Å². The molecule has 8 heteroatoms. The number of benzene rings is 1. The summed E-state index contributed by atoms with van der Waals surface area (Å²) in [5, 5.41) is 15.3. The third kappa shape index (κ3) is 5.81. The quantitative estimate of drug-likeness (QED) is 0.561. The van der Waals surface area contributed by atoms with Gasteiger partial charge < -0.3 is 20.1 Å². The third-order valence-corrected chi connectivity index (χ3v) is 5.50. The third-order valence-electron chi connectivity index (χ3n) is 5.50. The van der Waals surface area contributed by atoms with Crippen LogP contribution in [0.2, 0.25) is 0 Å². The Bertz CT molecular complexity index is 852. The summed E-state index contributed by atoms with van der Waals surface area (Å²) in [7, 11) is 1.96. The van der Waals surface area contributed by atoms with Gasteiger partial charge in [-0.15, -0.1) is 10.2 Å². The topological polar surface area (TPSA) is 87.4 Å². The maximum atomic E-state index is 12.2. The van der Waals surface area contributed by atoms with Crippen LogP contribution in [0.3, 0.4) is 0 Å². The second kappa shape index (κ2) is 10.2. The number of piperidine rings is 1. The molecule has 0 spiro atoms.